The van der Waals surface area contributed by atoms with Crippen LogP contribution in [0.3, 0.4) is 0 Å². The summed E-state index contributed by atoms with van der Waals surface area (Å²) in [6.45, 7) is 1.80. The fourth-order valence-corrected chi connectivity index (χ4v) is 3.46. The van der Waals surface area contributed by atoms with E-state index in [1.807, 2.05) is 41.9 Å². The van der Waals surface area contributed by atoms with Crippen molar-refractivity contribution in [2.24, 2.45) is 7.05 Å². The molecule has 0 spiro atoms. The van der Waals surface area contributed by atoms with E-state index in [0.717, 1.165) is 11.4 Å². The summed E-state index contributed by atoms with van der Waals surface area (Å²) in [7, 11) is 1.88. The van der Waals surface area contributed by atoms with Gasteiger partial charge in [0.2, 0.25) is 5.91 Å². The molecule has 1 atom stereocenters. The summed E-state index contributed by atoms with van der Waals surface area (Å²) >= 11 is 13.4. The maximum Gasteiger partial charge on any atom is 0.237 e. The number of carbonyl (C=O) groups excluding carboxylic acids is 1. The number of hydrogen-bond donors (Lipinski definition) is 1. The second kappa shape index (κ2) is 8.12. The molecular formula is C18H16Cl2N4OS. The molecule has 3 aromatic rings. The van der Waals surface area contributed by atoms with Gasteiger partial charge in [-0.05, 0) is 19.1 Å². The molecule has 134 valence electrons. The highest BCUT2D eigenvalue weighted by molar-refractivity contribution is 8.00. The predicted octanol–water partition coefficient (Wildman–Crippen LogP) is 4.91. The summed E-state index contributed by atoms with van der Waals surface area (Å²) in [6, 6.07) is 14.9. The molecule has 0 aliphatic rings. The smallest absolute Gasteiger partial charge is 0.237 e. The number of hydrogen-bond acceptors (Lipinski definition) is 4. The van der Waals surface area contributed by atoms with E-state index in [4.69, 9.17) is 23.2 Å². The second-order valence-electron chi connectivity index (χ2n) is 5.58. The number of aromatic nitrogens is 3. The van der Waals surface area contributed by atoms with E-state index < -0.39 is 5.25 Å². The van der Waals surface area contributed by atoms with Crippen molar-refractivity contribution in [2.45, 2.75) is 17.3 Å². The number of benzene rings is 2. The summed E-state index contributed by atoms with van der Waals surface area (Å²) in [5, 5.41) is 12.2. The Balaban J connectivity index is 1.72. The quantitative estimate of drug-likeness (QED) is 0.611. The minimum absolute atomic E-state index is 0.191. The molecular weight excluding hydrogens is 391 g/mol. The lowest BCUT2D eigenvalue weighted by molar-refractivity contribution is -0.115. The summed E-state index contributed by atoms with van der Waals surface area (Å²) in [4.78, 5) is 12.5. The third-order valence-electron chi connectivity index (χ3n) is 3.73. The Morgan fingerprint density at radius 3 is 2.58 bits per heavy atom. The lowest BCUT2D eigenvalue weighted by atomic mass is 10.2. The number of thioether (sulfide) groups is 1. The topological polar surface area (TPSA) is 59.8 Å². The first kappa shape index (κ1) is 18.8. The highest BCUT2D eigenvalue weighted by Gasteiger charge is 2.20. The van der Waals surface area contributed by atoms with Crippen LogP contribution in [0.25, 0.3) is 11.4 Å². The summed E-state index contributed by atoms with van der Waals surface area (Å²) in [5.74, 6) is 0.557. The standard InChI is InChI=1S/C18H16Cl2N4OS/c1-11(17(25)21-14-10-6-9-13(19)15(14)20)26-18-23-22-16(24(18)2)12-7-4-3-5-8-12/h3-11H,1-2H3,(H,21,25)/t11-/m1/s1. The minimum Gasteiger partial charge on any atom is -0.324 e. The molecule has 1 N–H and O–H groups in total. The Bertz CT molecular complexity index is 930. The van der Waals surface area contributed by atoms with Crippen LogP contribution in [0.5, 0.6) is 0 Å². The molecule has 0 bridgehead atoms. The molecule has 0 aliphatic heterocycles. The van der Waals surface area contributed by atoms with Crippen LogP contribution >= 0.6 is 35.0 Å². The van der Waals surface area contributed by atoms with Gasteiger partial charge in [-0.25, -0.2) is 0 Å². The lowest BCUT2D eigenvalue weighted by Crippen LogP contribution is -2.23. The normalized spacial score (nSPS) is 12.0. The maximum atomic E-state index is 12.5. The van der Waals surface area contributed by atoms with Crippen LogP contribution in [0.15, 0.2) is 53.7 Å². The molecule has 1 aromatic heterocycles. The van der Waals surface area contributed by atoms with Crippen molar-refractivity contribution >= 4 is 46.6 Å². The molecule has 1 heterocycles. The zero-order valence-corrected chi connectivity index (χ0v) is 16.4. The number of halogens is 2. The van der Waals surface area contributed by atoms with E-state index in [2.05, 4.69) is 15.5 Å². The van der Waals surface area contributed by atoms with Gasteiger partial charge in [-0.3, -0.25) is 4.79 Å². The molecule has 0 aliphatic carbocycles. The van der Waals surface area contributed by atoms with E-state index in [-0.39, 0.29) is 5.91 Å². The number of nitrogens with one attached hydrogen (secondary N) is 1. The third-order valence-corrected chi connectivity index (χ3v) is 5.68. The predicted molar refractivity (Wildman–Crippen MR) is 107 cm³/mol. The molecule has 3 rings (SSSR count). The van der Waals surface area contributed by atoms with Crippen molar-refractivity contribution in [3.05, 3.63) is 58.6 Å². The van der Waals surface area contributed by atoms with Crippen LogP contribution in [0.2, 0.25) is 10.0 Å². The third kappa shape index (κ3) is 4.03. The van der Waals surface area contributed by atoms with Crippen LogP contribution in [0, 0.1) is 0 Å². The average molecular weight is 407 g/mol. The number of rotatable bonds is 5. The van der Waals surface area contributed by atoms with E-state index in [9.17, 15) is 4.79 Å². The highest BCUT2D eigenvalue weighted by atomic mass is 35.5. The summed E-state index contributed by atoms with van der Waals surface area (Å²) < 4.78 is 1.87. The molecule has 1 amide bonds. The maximum absolute atomic E-state index is 12.5. The Morgan fingerprint density at radius 1 is 1.12 bits per heavy atom. The molecule has 5 nitrogen and oxygen atoms in total. The summed E-state index contributed by atoms with van der Waals surface area (Å²) in [5.41, 5.74) is 1.46. The minimum atomic E-state index is -0.392. The largest absolute Gasteiger partial charge is 0.324 e. The molecule has 26 heavy (non-hydrogen) atoms. The van der Waals surface area contributed by atoms with Crippen molar-refractivity contribution in [1.29, 1.82) is 0 Å². The van der Waals surface area contributed by atoms with Crippen molar-refractivity contribution in [3.63, 3.8) is 0 Å². The zero-order chi connectivity index (χ0) is 18.7. The van der Waals surface area contributed by atoms with E-state index >= 15 is 0 Å². The van der Waals surface area contributed by atoms with Gasteiger partial charge in [-0.15, -0.1) is 10.2 Å². The molecule has 8 heteroatoms. The highest BCUT2D eigenvalue weighted by Crippen LogP contribution is 2.31. The first-order valence-corrected chi connectivity index (χ1v) is 9.47. The van der Waals surface area contributed by atoms with Gasteiger partial charge in [0.05, 0.1) is 21.0 Å². The first-order chi connectivity index (χ1) is 12.5. The fraction of sp³-hybridized carbons (Fsp3) is 0.167. The van der Waals surface area contributed by atoms with Crippen LogP contribution in [-0.2, 0) is 11.8 Å². The Morgan fingerprint density at radius 2 is 1.85 bits per heavy atom. The van der Waals surface area contributed by atoms with Crippen LogP contribution in [0.4, 0.5) is 5.69 Å². The Hall–Kier alpha value is -2.02. The number of amides is 1. The van der Waals surface area contributed by atoms with Crippen LogP contribution in [-0.4, -0.2) is 25.9 Å². The SMILES string of the molecule is C[C@@H](Sc1nnc(-c2ccccc2)n1C)C(=O)Nc1cccc(Cl)c1Cl. The van der Waals surface area contributed by atoms with Gasteiger partial charge in [0.25, 0.3) is 0 Å². The lowest BCUT2D eigenvalue weighted by Gasteiger charge is -2.13. The van der Waals surface area contributed by atoms with Gasteiger partial charge in [0, 0.05) is 12.6 Å². The van der Waals surface area contributed by atoms with E-state index in [0.29, 0.717) is 20.9 Å². The molecule has 0 unspecified atom stereocenters. The first-order valence-electron chi connectivity index (χ1n) is 7.83. The Kier molecular flexibility index (Phi) is 5.86. The molecule has 0 radical (unpaired) electrons. The van der Waals surface area contributed by atoms with Crippen molar-refractivity contribution in [1.82, 2.24) is 14.8 Å². The zero-order valence-electron chi connectivity index (χ0n) is 14.1. The monoisotopic (exact) mass is 406 g/mol. The van der Waals surface area contributed by atoms with Crippen molar-refractivity contribution < 1.29 is 4.79 Å². The second-order valence-corrected chi connectivity index (χ2v) is 7.68. The number of anilines is 1. The number of carbonyl (C=O) groups is 1. The molecule has 2 aromatic carbocycles. The van der Waals surface area contributed by atoms with Gasteiger partial charge >= 0.3 is 0 Å². The molecule has 0 saturated carbocycles. The van der Waals surface area contributed by atoms with Gasteiger partial charge in [0.15, 0.2) is 11.0 Å². The fourth-order valence-electron chi connectivity index (χ4n) is 2.30. The number of nitrogens with zero attached hydrogens (tertiary/aromatic N) is 3. The molecule has 0 fully saturated rings. The van der Waals surface area contributed by atoms with Gasteiger partial charge in [-0.2, -0.15) is 0 Å². The van der Waals surface area contributed by atoms with Gasteiger partial charge in [-0.1, -0.05) is 71.4 Å². The van der Waals surface area contributed by atoms with Crippen molar-refractivity contribution in [2.75, 3.05) is 5.32 Å². The van der Waals surface area contributed by atoms with Gasteiger partial charge in [0.1, 0.15) is 0 Å². The average Bonchev–Trinajstić information content (AvgIpc) is 3.00. The van der Waals surface area contributed by atoms with Crippen molar-refractivity contribution in [3.8, 4) is 11.4 Å². The van der Waals surface area contributed by atoms with Crippen LogP contribution < -0.4 is 5.32 Å². The molecule has 0 saturated heterocycles. The van der Waals surface area contributed by atoms with E-state index in [1.165, 1.54) is 11.8 Å². The van der Waals surface area contributed by atoms with E-state index in [1.54, 1.807) is 25.1 Å². The Labute approximate surface area is 165 Å². The summed E-state index contributed by atoms with van der Waals surface area (Å²) in [6.07, 6.45) is 0. The van der Waals surface area contributed by atoms with Gasteiger partial charge < -0.3 is 9.88 Å². The van der Waals surface area contributed by atoms with Crippen LogP contribution in [0.1, 0.15) is 6.92 Å².